The number of carbonyl (C=O) groups excluding carboxylic acids is 8. The fraction of sp³-hybridized carbons (Fsp3) is 0.796. The van der Waals surface area contributed by atoms with E-state index in [4.69, 9.17) is 12.6 Å². The molecular weight excluding hydrogens is 893 g/mol. The summed E-state index contributed by atoms with van der Waals surface area (Å²) in [4.78, 5) is 94.2. The molecule has 8 amide bonds. The summed E-state index contributed by atoms with van der Waals surface area (Å²) in [5, 5.41) is 21.9. The van der Waals surface area contributed by atoms with Crippen LogP contribution in [-0.4, -0.2) is 99.0 Å². The molecule has 0 rings (SSSR count). The largest absolute Gasteiger partial charge is 0.790 e. The second-order valence-electron chi connectivity index (χ2n) is 24.7. The maximum atomic E-state index is 11.9. The molecule has 0 aliphatic heterocycles. The van der Waals surface area contributed by atoms with E-state index >= 15 is 0 Å². The summed E-state index contributed by atoms with van der Waals surface area (Å²) >= 11 is 9.00. The molecule has 0 heterocycles. The topological polar surface area (TPSA) is 233 Å². The van der Waals surface area contributed by atoms with Crippen molar-refractivity contribution in [3.63, 3.8) is 0 Å². The van der Waals surface area contributed by atoms with Crippen LogP contribution in [0.25, 0.3) is 0 Å². The Kier molecular flexibility index (Phi) is 29.2. The molecule has 0 aromatic rings. The molecule has 392 valence electrons. The molecule has 3 atom stereocenters. The smallest absolute Gasteiger partial charge is 0.267 e. The van der Waals surface area contributed by atoms with Crippen LogP contribution in [0.2, 0.25) is 0 Å². The molecule has 18 heteroatoms. The minimum atomic E-state index is -0.643. The van der Waals surface area contributed by atoms with Gasteiger partial charge in [-0.2, -0.15) is 12.6 Å². The lowest BCUT2D eigenvalue weighted by atomic mass is 9.95. The van der Waals surface area contributed by atoms with Gasteiger partial charge in [0.2, 0.25) is 41.4 Å². The van der Waals surface area contributed by atoms with Crippen molar-refractivity contribution in [1.29, 1.82) is 0 Å². The highest BCUT2D eigenvalue weighted by molar-refractivity contribution is 7.80. The Balaban J connectivity index is -0.000000395. The van der Waals surface area contributed by atoms with Gasteiger partial charge in [-0.3, -0.25) is 38.4 Å². The monoisotopic (exact) mass is 988 g/mol. The Hall–Kier alpha value is -3.80. The minimum absolute atomic E-state index is 0.0786. The number of thiol groups is 1. The van der Waals surface area contributed by atoms with Gasteiger partial charge in [-0.05, 0) is 89.5 Å². The van der Waals surface area contributed by atoms with E-state index < -0.39 is 39.8 Å². The lowest BCUT2D eigenvalue weighted by Crippen LogP contribution is -2.55. The van der Waals surface area contributed by atoms with Gasteiger partial charge >= 0.3 is 0 Å². The van der Waals surface area contributed by atoms with Crippen molar-refractivity contribution in [2.24, 2.45) is 21.7 Å². The van der Waals surface area contributed by atoms with E-state index in [1.807, 2.05) is 111 Å². The molecule has 0 bridgehead atoms. The molecule has 0 radical (unpaired) electrons. The highest BCUT2D eigenvalue weighted by Gasteiger charge is 2.31. The third-order valence-electron chi connectivity index (χ3n) is 7.87. The van der Waals surface area contributed by atoms with E-state index in [0.29, 0.717) is 6.42 Å². The first-order chi connectivity index (χ1) is 29.3. The van der Waals surface area contributed by atoms with Crippen LogP contribution in [0.15, 0.2) is 12.3 Å². The van der Waals surface area contributed by atoms with Crippen LogP contribution in [0.1, 0.15) is 180 Å². The predicted octanol–water partition coefficient (Wildman–Crippen LogP) is 5.76. The van der Waals surface area contributed by atoms with Crippen molar-refractivity contribution in [1.82, 2.24) is 42.5 Å². The number of hydrogen-bond acceptors (Lipinski definition) is 10. The van der Waals surface area contributed by atoms with Crippen LogP contribution in [-0.2, 0) is 51.0 Å². The molecule has 3 unspecified atom stereocenters. The number of rotatable bonds is 11. The summed E-state index contributed by atoms with van der Waals surface area (Å²) in [5.41, 5.74) is -3.23. The molecule has 0 aliphatic carbocycles. The molecule has 0 saturated heterocycles. The van der Waals surface area contributed by atoms with E-state index in [0.717, 1.165) is 0 Å². The Bertz CT molecular complexity index is 1520. The molecule has 0 saturated carbocycles. The average molecular weight is 988 g/mol. The van der Waals surface area contributed by atoms with Gasteiger partial charge in [0.15, 0.2) is 0 Å². The Morgan fingerprint density at radius 3 is 0.925 bits per heavy atom. The van der Waals surface area contributed by atoms with Gasteiger partial charge < -0.3 is 55.2 Å². The first kappa shape index (κ1) is 69.8. The Morgan fingerprint density at radius 2 is 0.687 bits per heavy atom. The number of carbonyl (C=O) groups is 8. The zero-order valence-corrected chi connectivity index (χ0v) is 47.9. The lowest BCUT2D eigenvalue weighted by Gasteiger charge is -2.29. The zero-order chi connectivity index (χ0) is 54.7. The third-order valence-corrected chi connectivity index (χ3v) is 8.57. The van der Waals surface area contributed by atoms with Gasteiger partial charge in [0.1, 0.15) is 12.1 Å². The van der Waals surface area contributed by atoms with Crippen LogP contribution >= 0.6 is 12.6 Å². The van der Waals surface area contributed by atoms with Crippen molar-refractivity contribution >= 4 is 72.5 Å². The molecule has 0 aliphatic rings. The Labute approximate surface area is 417 Å². The van der Waals surface area contributed by atoms with Gasteiger partial charge in [-0.15, -0.1) is 5.75 Å². The van der Waals surface area contributed by atoms with E-state index in [1.54, 1.807) is 62.3 Å². The quantitative estimate of drug-likeness (QED) is 0.0695. The fourth-order valence-corrected chi connectivity index (χ4v) is 4.51. The number of hydrogen-bond donors (Lipinski definition) is 9. The first-order valence-electron chi connectivity index (χ1n) is 22.8. The van der Waals surface area contributed by atoms with Crippen molar-refractivity contribution in [2.45, 2.75) is 220 Å². The van der Waals surface area contributed by atoms with E-state index in [1.165, 1.54) is 0 Å². The summed E-state index contributed by atoms with van der Waals surface area (Å²) in [7, 11) is 0. The highest BCUT2D eigenvalue weighted by Crippen LogP contribution is 2.16. The lowest BCUT2D eigenvalue weighted by molar-refractivity contribution is -0.134. The van der Waals surface area contributed by atoms with Gasteiger partial charge in [0.05, 0.1) is 11.7 Å². The van der Waals surface area contributed by atoms with E-state index in [2.05, 4.69) is 61.7 Å². The SMILES string of the molecule is C=C(NC(=O)C(C)(C)C)C(=O)NC(C)(C)C.CC(C)(C)NC(=O)C(CS)NC(=O)C(C)(C)C.CC(C)(C)NC(=O)C(C[S-])NC(=O)C(C)(C)C.CCC(NC(=O)C(C)(C)C)C(=O)NC(C)(C)C. The predicted molar refractivity (Wildman–Crippen MR) is 279 cm³/mol. The van der Waals surface area contributed by atoms with Crippen LogP contribution in [0.3, 0.4) is 0 Å². The number of amides is 8. The standard InChI is InChI=1S/C13H26N2O2.2C12H24N2O2S.C12H22N2O2/c1-8-9(10(16)15-13(5,6)7)14-11(17)12(2,3)4;2*1-11(2,3)10(16)13-8(7-17)9(15)14-12(4,5)6;1-8(9(15)14-12(5,6)7)13-10(16)11(2,3)4/h9H,8H2,1-7H3,(H,14,17)(H,15,16);2*8,17H,7H2,1-6H3,(H,13,16)(H,14,15);1H2,2-7H3,(H,13,16)(H,14,15)/p-1. The van der Waals surface area contributed by atoms with Gasteiger partial charge in [0, 0.05) is 49.6 Å². The number of nitrogens with one attached hydrogen (secondary N) is 8. The minimum Gasteiger partial charge on any atom is -0.790 e. The first-order valence-corrected chi connectivity index (χ1v) is 24.0. The van der Waals surface area contributed by atoms with Gasteiger partial charge in [0.25, 0.3) is 5.91 Å². The maximum absolute atomic E-state index is 11.9. The molecular formula is C49H95N8O8S2-. The van der Waals surface area contributed by atoms with Crippen LogP contribution in [0, 0.1) is 21.7 Å². The van der Waals surface area contributed by atoms with E-state index in [9.17, 15) is 38.4 Å². The highest BCUT2D eigenvalue weighted by atomic mass is 32.1. The Morgan fingerprint density at radius 1 is 0.433 bits per heavy atom. The third kappa shape index (κ3) is 36.9. The summed E-state index contributed by atoms with van der Waals surface area (Å²) < 4.78 is 0. The van der Waals surface area contributed by atoms with Gasteiger partial charge in [-0.25, -0.2) is 0 Å². The molecule has 0 fully saturated rings. The molecule has 16 nitrogen and oxygen atoms in total. The summed E-state index contributed by atoms with van der Waals surface area (Å²) in [6, 6.07) is -1.69. The molecule has 0 spiro atoms. The van der Waals surface area contributed by atoms with Crippen LogP contribution in [0.4, 0.5) is 0 Å². The fourth-order valence-electron chi connectivity index (χ4n) is 4.02. The molecule has 0 aromatic carbocycles. The summed E-state index contributed by atoms with van der Waals surface area (Å²) in [6.45, 7) is 49.7. The average Bonchev–Trinajstić information content (AvgIpc) is 3.07. The van der Waals surface area contributed by atoms with Crippen molar-refractivity contribution < 1.29 is 38.4 Å². The second kappa shape index (κ2) is 28.0. The van der Waals surface area contributed by atoms with Gasteiger partial charge in [-0.1, -0.05) is 96.6 Å². The molecule has 67 heavy (non-hydrogen) atoms. The van der Waals surface area contributed by atoms with Crippen LogP contribution < -0.4 is 42.5 Å². The van der Waals surface area contributed by atoms with Crippen molar-refractivity contribution in [3.8, 4) is 0 Å². The summed E-state index contributed by atoms with van der Waals surface area (Å²) in [6.07, 6.45) is 0.587. The molecule has 0 aromatic heterocycles. The maximum Gasteiger partial charge on any atom is 0.267 e. The van der Waals surface area contributed by atoms with Crippen LogP contribution in [0.5, 0.6) is 0 Å². The molecule has 8 N–H and O–H groups in total. The zero-order valence-electron chi connectivity index (χ0n) is 46.2. The van der Waals surface area contributed by atoms with E-state index in [-0.39, 0.29) is 86.6 Å². The normalized spacial score (nSPS) is 13.5. The van der Waals surface area contributed by atoms with Crippen molar-refractivity contribution in [2.75, 3.05) is 11.5 Å². The van der Waals surface area contributed by atoms with Crippen molar-refractivity contribution in [3.05, 3.63) is 12.3 Å². The second-order valence-corrected chi connectivity index (χ2v) is 25.4. The summed E-state index contributed by atoms with van der Waals surface area (Å²) in [5.74, 6) is -1.11.